The average Bonchev–Trinajstić information content (AvgIpc) is 3.27. The minimum absolute atomic E-state index is 0.222. The van der Waals surface area contributed by atoms with Crippen molar-refractivity contribution >= 4 is 34.7 Å². The quantitative estimate of drug-likeness (QED) is 0.331. The molecule has 0 saturated carbocycles. The Bertz CT molecular complexity index is 947. The van der Waals surface area contributed by atoms with Crippen LogP contribution < -0.4 is 0 Å². The molecule has 0 unspecified atom stereocenters. The standard InChI is InChI=1S/C20H19ClN2O3S/c1-13-10-17(14(2)23(13)8-7-16-4-3-9-27-16)18(24)12-26-20(25)15-5-6-19(21)22-11-15/h3-6,9-11H,7-8,12H2,1-2H3. The topological polar surface area (TPSA) is 61.2 Å². The van der Waals surface area contributed by atoms with Crippen molar-refractivity contribution in [3.05, 3.63) is 74.5 Å². The first-order valence-corrected chi connectivity index (χ1v) is 9.72. The number of nitrogens with zero attached hydrogens (tertiary/aromatic N) is 2. The molecule has 0 amide bonds. The maximum Gasteiger partial charge on any atom is 0.340 e. The van der Waals surface area contributed by atoms with Crippen LogP contribution in [-0.2, 0) is 17.7 Å². The maximum absolute atomic E-state index is 12.5. The van der Waals surface area contributed by atoms with Gasteiger partial charge < -0.3 is 9.30 Å². The van der Waals surface area contributed by atoms with E-state index in [1.165, 1.54) is 23.2 Å². The lowest BCUT2D eigenvalue weighted by molar-refractivity contribution is 0.0474. The number of aromatic nitrogens is 2. The van der Waals surface area contributed by atoms with Crippen LogP contribution in [0.5, 0.6) is 0 Å². The van der Waals surface area contributed by atoms with Gasteiger partial charge in [-0.15, -0.1) is 11.3 Å². The third-order valence-corrected chi connectivity index (χ3v) is 5.49. The van der Waals surface area contributed by atoms with Crippen LogP contribution in [0.25, 0.3) is 0 Å². The van der Waals surface area contributed by atoms with Crippen LogP contribution in [0.2, 0.25) is 5.15 Å². The van der Waals surface area contributed by atoms with Crippen LogP contribution in [0.4, 0.5) is 0 Å². The number of ether oxygens (including phenoxy) is 1. The van der Waals surface area contributed by atoms with Crippen LogP contribution in [0.3, 0.4) is 0 Å². The van der Waals surface area contributed by atoms with E-state index in [1.54, 1.807) is 11.3 Å². The van der Waals surface area contributed by atoms with Crippen LogP contribution >= 0.6 is 22.9 Å². The molecule has 3 aromatic rings. The number of Topliss-reactive ketones (excluding diaryl/α,β-unsaturated/α-hetero) is 1. The van der Waals surface area contributed by atoms with Gasteiger partial charge >= 0.3 is 5.97 Å². The zero-order valence-electron chi connectivity index (χ0n) is 15.1. The molecule has 0 spiro atoms. The summed E-state index contributed by atoms with van der Waals surface area (Å²) in [7, 11) is 0. The minimum atomic E-state index is -0.598. The van der Waals surface area contributed by atoms with E-state index in [0.29, 0.717) is 5.56 Å². The SMILES string of the molecule is Cc1cc(C(=O)COC(=O)c2ccc(Cl)nc2)c(C)n1CCc1cccs1. The summed E-state index contributed by atoms with van der Waals surface area (Å²) in [6.07, 6.45) is 2.24. The summed E-state index contributed by atoms with van der Waals surface area (Å²) in [5.41, 5.74) is 2.74. The van der Waals surface area contributed by atoms with Crippen molar-refractivity contribution in [2.45, 2.75) is 26.8 Å². The smallest absolute Gasteiger partial charge is 0.340 e. The molecule has 7 heteroatoms. The molecule has 5 nitrogen and oxygen atoms in total. The van der Waals surface area contributed by atoms with E-state index in [-0.39, 0.29) is 23.1 Å². The van der Waals surface area contributed by atoms with E-state index in [0.717, 1.165) is 24.4 Å². The normalized spacial score (nSPS) is 10.8. The van der Waals surface area contributed by atoms with E-state index < -0.39 is 5.97 Å². The minimum Gasteiger partial charge on any atom is -0.454 e. The summed E-state index contributed by atoms with van der Waals surface area (Å²) in [5.74, 6) is -0.820. The number of carbonyl (C=O) groups excluding carboxylic acids is 2. The number of hydrogen-bond donors (Lipinski definition) is 0. The molecule has 140 valence electrons. The third kappa shape index (κ3) is 4.64. The van der Waals surface area contributed by atoms with Crippen LogP contribution in [0, 0.1) is 13.8 Å². The van der Waals surface area contributed by atoms with Gasteiger partial charge in [0.25, 0.3) is 0 Å². The zero-order chi connectivity index (χ0) is 19.4. The summed E-state index contributed by atoms with van der Waals surface area (Å²) in [6, 6.07) is 9.01. The van der Waals surface area contributed by atoms with E-state index in [1.807, 2.05) is 26.0 Å². The Hall–Kier alpha value is -2.44. The number of aryl methyl sites for hydroxylation is 2. The Morgan fingerprint density at radius 2 is 2.07 bits per heavy atom. The summed E-state index contributed by atoms with van der Waals surface area (Å²) in [6.45, 7) is 4.39. The Balaban J connectivity index is 1.63. The number of rotatable bonds is 7. The van der Waals surface area contributed by atoms with Gasteiger partial charge in [-0.1, -0.05) is 17.7 Å². The highest BCUT2D eigenvalue weighted by Crippen LogP contribution is 2.18. The largest absolute Gasteiger partial charge is 0.454 e. The highest BCUT2D eigenvalue weighted by molar-refractivity contribution is 7.09. The van der Waals surface area contributed by atoms with Gasteiger partial charge in [0, 0.05) is 34.6 Å². The number of pyridine rings is 1. The number of thiophene rings is 1. The molecule has 0 N–H and O–H groups in total. The van der Waals surface area contributed by atoms with Crippen molar-refractivity contribution in [3.8, 4) is 0 Å². The fraction of sp³-hybridized carbons (Fsp3) is 0.250. The monoisotopic (exact) mass is 402 g/mol. The van der Waals surface area contributed by atoms with Gasteiger partial charge in [-0.25, -0.2) is 9.78 Å². The van der Waals surface area contributed by atoms with E-state index in [2.05, 4.69) is 21.0 Å². The van der Waals surface area contributed by atoms with Gasteiger partial charge in [0.2, 0.25) is 5.78 Å². The number of hydrogen-bond acceptors (Lipinski definition) is 5. The second kappa shape index (κ2) is 8.50. The van der Waals surface area contributed by atoms with Gasteiger partial charge in [-0.2, -0.15) is 0 Å². The number of ketones is 1. The van der Waals surface area contributed by atoms with Crippen molar-refractivity contribution < 1.29 is 14.3 Å². The second-order valence-electron chi connectivity index (χ2n) is 6.13. The summed E-state index contributed by atoms with van der Waals surface area (Å²) >= 11 is 7.42. The van der Waals surface area contributed by atoms with Crippen molar-refractivity contribution in [2.24, 2.45) is 0 Å². The molecule has 0 aliphatic carbocycles. The van der Waals surface area contributed by atoms with Crippen molar-refractivity contribution in [1.82, 2.24) is 9.55 Å². The predicted octanol–water partition coefficient (Wildman–Crippen LogP) is 4.50. The number of carbonyl (C=O) groups is 2. The summed E-state index contributed by atoms with van der Waals surface area (Å²) < 4.78 is 7.25. The molecule has 0 aliphatic heterocycles. The maximum atomic E-state index is 12.5. The lowest BCUT2D eigenvalue weighted by atomic mass is 10.1. The highest BCUT2D eigenvalue weighted by atomic mass is 35.5. The first kappa shape index (κ1) is 19.3. The van der Waals surface area contributed by atoms with E-state index >= 15 is 0 Å². The lowest BCUT2D eigenvalue weighted by Gasteiger charge is -2.09. The average molecular weight is 403 g/mol. The van der Waals surface area contributed by atoms with Gasteiger partial charge in [0.1, 0.15) is 5.15 Å². The Morgan fingerprint density at radius 3 is 2.74 bits per heavy atom. The summed E-state index contributed by atoms with van der Waals surface area (Å²) in [4.78, 5) is 29.7. The summed E-state index contributed by atoms with van der Waals surface area (Å²) in [5, 5.41) is 2.35. The molecule has 0 saturated heterocycles. The Labute approximate surface area is 166 Å². The number of esters is 1. The molecule has 0 aliphatic rings. The van der Waals surface area contributed by atoms with Gasteiger partial charge in [-0.05, 0) is 49.9 Å². The Morgan fingerprint density at radius 1 is 1.26 bits per heavy atom. The molecule has 0 fully saturated rings. The molecule has 0 aromatic carbocycles. The molecule has 3 heterocycles. The zero-order valence-corrected chi connectivity index (χ0v) is 16.6. The van der Waals surface area contributed by atoms with Gasteiger partial charge in [0.05, 0.1) is 5.56 Å². The van der Waals surface area contributed by atoms with Gasteiger partial charge in [-0.3, -0.25) is 4.79 Å². The predicted molar refractivity (Wildman–Crippen MR) is 106 cm³/mol. The van der Waals surface area contributed by atoms with Crippen molar-refractivity contribution in [3.63, 3.8) is 0 Å². The molecule has 0 atom stereocenters. The molecule has 0 bridgehead atoms. The lowest BCUT2D eigenvalue weighted by Crippen LogP contribution is -2.15. The van der Waals surface area contributed by atoms with Gasteiger partial charge in [0.15, 0.2) is 6.61 Å². The first-order chi connectivity index (χ1) is 13.0. The Kier molecular flexibility index (Phi) is 6.08. The van der Waals surface area contributed by atoms with Crippen LogP contribution in [-0.4, -0.2) is 27.9 Å². The van der Waals surface area contributed by atoms with Crippen molar-refractivity contribution in [1.29, 1.82) is 0 Å². The van der Waals surface area contributed by atoms with E-state index in [4.69, 9.17) is 16.3 Å². The molecule has 3 rings (SSSR count). The molecule has 27 heavy (non-hydrogen) atoms. The van der Waals surface area contributed by atoms with Crippen LogP contribution in [0.1, 0.15) is 37.0 Å². The molecular weight excluding hydrogens is 384 g/mol. The first-order valence-electron chi connectivity index (χ1n) is 8.46. The van der Waals surface area contributed by atoms with Crippen LogP contribution in [0.15, 0.2) is 41.9 Å². The fourth-order valence-electron chi connectivity index (χ4n) is 2.89. The highest BCUT2D eigenvalue weighted by Gasteiger charge is 2.18. The van der Waals surface area contributed by atoms with Crippen molar-refractivity contribution in [2.75, 3.05) is 6.61 Å². The second-order valence-corrected chi connectivity index (χ2v) is 7.55. The molecule has 0 radical (unpaired) electrons. The fourth-order valence-corrected chi connectivity index (χ4v) is 3.70. The van der Waals surface area contributed by atoms with E-state index in [9.17, 15) is 9.59 Å². The number of halogens is 1. The molecular formula is C20H19ClN2O3S. The third-order valence-electron chi connectivity index (χ3n) is 4.33. The molecule has 3 aromatic heterocycles.